The summed E-state index contributed by atoms with van der Waals surface area (Å²) in [5.74, 6) is 0. The quantitative estimate of drug-likeness (QED) is 0.448. The molecular formula is C13H21NO3Si. The topological polar surface area (TPSA) is 52.4 Å². The van der Waals surface area contributed by atoms with E-state index in [-0.39, 0.29) is 10.6 Å². The van der Waals surface area contributed by atoms with Crippen LogP contribution < -0.4 is 0 Å². The monoisotopic (exact) mass is 267 g/mol. The van der Waals surface area contributed by atoms with Gasteiger partial charge in [-0.25, -0.2) is 0 Å². The van der Waals surface area contributed by atoms with E-state index in [1.54, 1.807) is 18.2 Å². The first-order valence-corrected chi connectivity index (χ1v) is 9.43. The van der Waals surface area contributed by atoms with Gasteiger partial charge in [0.15, 0.2) is 0 Å². The number of nitrogens with zero attached hydrogens (tertiary/aromatic N) is 1. The number of hydrogen-bond donors (Lipinski definition) is 0. The van der Waals surface area contributed by atoms with E-state index in [1.807, 2.05) is 0 Å². The summed E-state index contributed by atoms with van der Waals surface area (Å²) in [6.07, 6.45) is 0.733. The number of nitro benzene ring substituents is 1. The molecule has 0 atom stereocenters. The Kier molecular flexibility index (Phi) is 5.04. The van der Waals surface area contributed by atoms with Crippen LogP contribution in [-0.2, 0) is 11.3 Å². The van der Waals surface area contributed by atoms with Crippen LogP contribution in [0.2, 0.25) is 18.6 Å². The van der Waals surface area contributed by atoms with Crippen LogP contribution >= 0.6 is 0 Å². The molecule has 0 N–H and O–H groups in total. The van der Waals surface area contributed by atoms with Crippen molar-refractivity contribution in [2.45, 2.75) is 39.1 Å². The van der Waals surface area contributed by atoms with Crippen LogP contribution in [-0.4, -0.2) is 19.2 Å². The Bertz CT molecular complexity index is 418. The molecule has 0 aliphatic carbocycles. The van der Waals surface area contributed by atoms with Crippen molar-refractivity contribution in [1.29, 1.82) is 0 Å². The third kappa shape index (κ3) is 3.92. The molecular weight excluding hydrogens is 246 g/mol. The van der Waals surface area contributed by atoms with Crippen LogP contribution in [0.3, 0.4) is 0 Å². The first kappa shape index (κ1) is 14.9. The summed E-state index contributed by atoms with van der Waals surface area (Å²) < 4.78 is 5.69. The summed E-state index contributed by atoms with van der Waals surface area (Å²) in [6, 6.07) is 6.75. The zero-order valence-electron chi connectivity index (χ0n) is 11.5. The maximum Gasteiger partial charge on any atom is 0.274 e. The lowest BCUT2D eigenvalue weighted by molar-refractivity contribution is -0.385. The van der Waals surface area contributed by atoms with E-state index >= 15 is 0 Å². The fourth-order valence-electron chi connectivity index (χ4n) is 1.40. The molecule has 0 heterocycles. The van der Waals surface area contributed by atoms with Crippen molar-refractivity contribution in [2.75, 3.05) is 6.23 Å². The average Bonchev–Trinajstić information content (AvgIpc) is 2.29. The summed E-state index contributed by atoms with van der Waals surface area (Å²) in [5.41, 5.74) is 1.43. The fraction of sp³-hybridized carbons (Fsp3) is 0.538. The van der Waals surface area contributed by atoms with Gasteiger partial charge in [0.2, 0.25) is 0 Å². The summed E-state index contributed by atoms with van der Waals surface area (Å²) in [6.45, 7) is 9.29. The molecule has 0 spiro atoms. The van der Waals surface area contributed by atoms with Crippen LogP contribution in [0, 0.1) is 10.1 Å². The summed E-state index contributed by atoms with van der Waals surface area (Å²) >= 11 is 0. The van der Waals surface area contributed by atoms with Gasteiger partial charge in [-0.15, -0.1) is 0 Å². The Morgan fingerprint density at radius 3 is 2.50 bits per heavy atom. The maximum absolute atomic E-state index is 10.8. The van der Waals surface area contributed by atoms with Crippen LogP contribution in [0.5, 0.6) is 0 Å². The molecule has 1 aromatic rings. The standard InChI is InChI=1S/C13H21NO3Si/c1-11(2)18(3,4)10-17-9-12-7-5-6-8-13(12)14(15)16/h5-8,11H,9-10H2,1-4H3. The molecule has 0 amide bonds. The van der Waals surface area contributed by atoms with Crippen molar-refractivity contribution >= 4 is 13.8 Å². The van der Waals surface area contributed by atoms with E-state index in [2.05, 4.69) is 26.9 Å². The fourth-order valence-corrected chi connectivity index (χ4v) is 2.36. The van der Waals surface area contributed by atoms with Crippen LogP contribution in [0.25, 0.3) is 0 Å². The number of ether oxygens (including phenoxy) is 1. The van der Waals surface area contributed by atoms with Crippen molar-refractivity contribution in [2.24, 2.45) is 0 Å². The highest BCUT2D eigenvalue weighted by Crippen LogP contribution is 2.22. The maximum atomic E-state index is 10.8. The number of rotatable bonds is 6. The van der Waals surface area contributed by atoms with E-state index in [1.165, 1.54) is 6.07 Å². The van der Waals surface area contributed by atoms with E-state index in [9.17, 15) is 10.1 Å². The van der Waals surface area contributed by atoms with Gasteiger partial charge in [0, 0.05) is 12.3 Å². The SMILES string of the molecule is CC(C)[Si](C)(C)COCc1ccccc1[N+](=O)[O-]. The number of benzene rings is 1. The molecule has 0 saturated carbocycles. The molecule has 0 aliphatic heterocycles. The molecule has 0 aliphatic rings. The molecule has 4 nitrogen and oxygen atoms in total. The van der Waals surface area contributed by atoms with Gasteiger partial charge in [0.05, 0.1) is 25.2 Å². The molecule has 5 heteroatoms. The van der Waals surface area contributed by atoms with Gasteiger partial charge in [-0.2, -0.15) is 0 Å². The predicted molar refractivity (Wildman–Crippen MR) is 75.3 cm³/mol. The Labute approximate surface area is 109 Å². The third-order valence-corrected chi connectivity index (χ3v) is 7.56. The van der Waals surface area contributed by atoms with E-state index in [0.29, 0.717) is 17.7 Å². The molecule has 1 rings (SSSR count). The molecule has 0 radical (unpaired) electrons. The van der Waals surface area contributed by atoms with Gasteiger partial charge in [0.1, 0.15) is 0 Å². The number of nitro groups is 1. The summed E-state index contributed by atoms with van der Waals surface area (Å²) in [5, 5.41) is 10.8. The minimum atomic E-state index is -1.37. The van der Waals surface area contributed by atoms with Crippen molar-refractivity contribution < 1.29 is 9.66 Å². The van der Waals surface area contributed by atoms with Gasteiger partial charge >= 0.3 is 0 Å². The lowest BCUT2D eigenvalue weighted by atomic mass is 10.2. The van der Waals surface area contributed by atoms with E-state index in [0.717, 1.165) is 6.23 Å². The average molecular weight is 267 g/mol. The van der Waals surface area contributed by atoms with Gasteiger partial charge in [-0.1, -0.05) is 39.1 Å². The van der Waals surface area contributed by atoms with Gasteiger partial charge < -0.3 is 4.74 Å². The number of para-hydroxylation sites is 1. The Hall–Kier alpha value is -1.20. The minimum absolute atomic E-state index is 0.140. The number of hydrogen-bond acceptors (Lipinski definition) is 3. The summed E-state index contributed by atoms with van der Waals surface area (Å²) in [4.78, 5) is 10.5. The van der Waals surface area contributed by atoms with Crippen LogP contribution in [0.15, 0.2) is 24.3 Å². The summed E-state index contributed by atoms with van der Waals surface area (Å²) in [7, 11) is -1.37. The largest absolute Gasteiger partial charge is 0.380 e. The smallest absolute Gasteiger partial charge is 0.274 e. The zero-order chi connectivity index (χ0) is 13.8. The highest BCUT2D eigenvalue weighted by Gasteiger charge is 2.25. The molecule has 18 heavy (non-hydrogen) atoms. The van der Waals surface area contributed by atoms with Crippen molar-refractivity contribution in [3.05, 3.63) is 39.9 Å². The van der Waals surface area contributed by atoms with Gasteiger partial charge in [0.25, 0.3) is 5.69 Å². The van der Waals surface area contributed by atoms with Crippen molar-refractivity contribution in [3.63, 3.8) is 0 Å². The molecule has 0 unspecified atom stereocenters. The van der Waals surface area contributed by atoms with Crippen molar-refractivity contribution in [3.8, 4) is 0 Å². The van der Waals surface area contributed by atoms with Gasteiger partial charge in [-0.3, -0.25) is 10.1 Å². The van der Waals surface area contributed by atoms with Crippen LogP contribution in [0.4, 0.5) is 5.69 Å². The van der Waals surface area contributed by atoms with Crippen LogP contribution in [0.1, 0.15) is 19.4 Å². The Morgan fingerprint density at radius 1 is 1.33 bits per heavy atom. The highest BCUT2D eigenvalue weighted by atomic mass is 28.3. The lowest BCUT2D eigenvalue weighted by Gasteiger charge is -2.26. The second-order valence-electron chi connectivity index (χ2n) is 5.52. The highest BCUT2D eigenvalue weighted by molar-refractivity contribution is 6.78. The predicted octanol–water partition coefficient (Wildman–Crippen LogP) is 3.77. The molecule has 0 fully saturated rings. The first-order valence-electron chi connectivity index (χ1n) is 6.14. The molecule has 1 aromatic carbocycles. The molecule has 0 aromatic heterocycles. The second kappa shape index (κ2) is 6.11. The minimum Gasteiger partial charge on any atom is -0.380 e. The molecule has 0 bridgehead atoms. The third-order valence-electron chi connectivity index (χ3n) is 3.48. The normalized spacial score (nSPS) is 11.8. The first-order chi connectivity index (χ1) is 8.34. The van der Waals surface area contributed by atoms with E-state index < -0.39 is 8.07 Å². The van der Waals surface area contributed by atoms with Crippen molar-refractivity contribution in [1.82, 2.24) is 0 Å². The van der Waals surface area contributed by atoms with E-state index in [4.69, 9.17) is 4.74 Å². The Morgan fingerprint density at radius 2 is 1.94 bits per heavy atom. The molecule has 100 valence electrons. The second-order valence-corrected chi connectivity index (χ2v) is 10.9. The zero-order valence-corrected chi connectivity index (χ0v) is 12.5. The van der Waals surface area contributed by atoms with Gasteiger partial charge in [-0.05, 0) is 11.6 Å². The Balaban J connectivity index is 2.62. The molecule has 0 saturated heterocycles. The lowest BCUT2D eigenvalue weighted by Crippen LogP contribution is -2.36.